The third-order valence-electron chi connectivity index (χ3n) is 4.90. The minimum Gasteiger partial charge on any atom is -0.324 e. The van der Waals surface area contributed by atoms with Crippen molar-refractivity contribution in [3.63, 3.8) is 0 Å². The summed E-state index contributed by atoms with van der Waals surface area (Å²) < 4.78 is 39.5. The molecule has 0 N–H and O–H groups in total. The first-order valence-corrected chi connectivity index (χ1v) is 8.12. The largest absolute Gasteiger partial charge is 0.398 e. The zero-order valence-electron chi connectivity index (χ0n) is 13.7. The molecule has 1 heterocycles. The molecule has 8 heteroatoms. The van der Waals surface area contributed by atoms with Crippen LogP contribution in [0.15, 0.2) is 48.5 Å². The lowest BCUT2D eigenvalue weighted by Gasteiger charge is -2.19. The van der Waals surface area contributed by atoms with Gasteiger partial charge in [-0.25, -0.2) is 4.79 Å². The summed E-state index contributed by atoms with van der Waals surface area (Å²) >= 11 is 0. The first-order valence-electron chi connectivity index (χ1n) is 8.12. The van der Waals surface area contributed by atoms with E-state index in [0.717, 1.165) is 0 Å². The second-order valence-electron chi connectivity index (χ2n) is 6.49. The van der Waals surface area contributed by atoms with Crippen LogP contribution in [0.5, 0.6) is 0 Å². The minimum atomic E-state index is -4.35. The van der Waals surface area contributed by atoms with Gasteiger partial charge >= 0.3 is 12.1 Å². The average Bonchev–Trinajstić information content (AvgIpc) is 3.43. The first-order chi connectivity index (χ1) is 12.7. The van der Waals surface area contributed by atoms with Crippen LogP contribution in [0.3, 0.4) is 0 Å². The van der Waals surface area contributed by atoms with Crippen LogP contribution >= 0.6 is 0 Å². The lowest BCUT2D eigenvalue weighted by molar-refractivity contribution is -0.160. The van der Waals surface area contributed by atoms with E-state index in [2.05, 4.69) is 0 Å². The van der Waals surface area contributed by atoms with E-state index in [1.807, 2.05) is 0 Å². The second-order valence-corrected chi connectivity index (χ2v) is 6.49. The maximum Gasteiger partial charge on any atom is 0.398 e. The average molecular weight is 375 g/mol. The van der Waals surface area contributed by atoms with Gasteiger partial charge in [-0.1, -0.05) is 29.3 Å². The van der Waals surface area contributed by atoms with E-state index in [-0.39, 0.29) is 35.1 Å². The zero-order chi connectivity index (χ0) is 19.4. The van der Waals surface area contributed by atoms with Gasteiger partial charge in [-0.3, -0.25) is 9.59 Å². The van der Waals surface area contributed by atoms with Crippen molar-refractivity contribution in [2.75, 3.05) is 0 Å². The van der Waals surface area contributed by atoms with E-state index in [0.29, 0.717) is 5.06 Å². The van der Waals surface area contributed by atoms with Crippen LogP contribution in [0.2, 0.25) is 0 Å². The van der Waals surface area contributed by atoms with Gasteiger partial charge in [-0.05, 0) is 42.7 Å². The van der Waals surface area contributed by atoms with E-state index in [1.54, 1.807) is 12.1 Å². The van der Waals surface area contributed by atoms with Crippen molar-refractivity contribution in [2.24, 2.45) is 0 Å². The van der Waals surface area contributed by atoms with Crippen LogP contribution in [0, 0.1) is 0 Å². The number of hydrogen-bond donors (Lipinski definition) is 0. The van der Waals surface area contributed by atoms with E-state index >= 15 is 0 Å². The summed E-state index contributed by atoms with van der Waals surface area (Å²) in [6, 6.07) is 10.8. The van der Waals surface area contributed by atoms with Crippen LogP contribution in [0.25, 0.3) is 0 Å². The molecule has 0 aromatic heterocycles. The molecule has 138 valence electrons. The van der Waals surface area contributed by atoms with Gasteiger partial charge in [0.05, 0.1) is 22.1 Å². The number of halogens is 3. The fraction of sp³-hybridized carbons (Fsp3) is 0.211. The molecule has 1 aliphatic carbocycles. The molecule has 0 radical (unpaired) electrons. The van der Waals surface area contributed by atoms with Crippen molar-refractivity contribution in [3.05, 3.63) is 70.8 Å². The summed E-state index contributed by atoms with van der Waals surface area (Å²) in [7, 11) is 0. The van der Waals surface area contributed by atoms with Gasteiger partial charge < -0.3 is 4.84 Å². The highest BCUT2D eigenvalue weighted by atomic mass is 19.4. The van der Waals surface area contributed by atoms with E-state index < -0.39 is 29.4 Å². The predicted octanol–water partition coefficient (Wildman–Crippen LogP) is 3.65. The molecule has 1 fully saturated rings. The van der Waals surface area contributed by atoms with Gasteiger partial charge in [0.25, 0.3) is 11.8 Å². The molecule has 5 nitrogen and oxygen atoms in total. The third kappa shape index (κ3) is 2.59. The number of carbonyl (C=O) groups excluding carboxylic acids is 3. The molecule has 0 atom stereocenters. The van der Waals surface area contributed by atoms with E-state index in [9.17, 15) is 27.6 Å². The number of hydrogen-bond acceptors (Lipinski definition) is 4. The standard InChI is InChI=1S/C19H12F3NO4/c20-19(21,22)18(9-10-18)12-7-5-11(6-8-12)17(26)27-23-15(24)13-3-1-2-4-14(13)16(23)25/h1-8H,9-10H2. The number of carbonyl (C=O) groups is 3. The number of hydroxylamine groups is 2. The number of rotatable bonds is 3. The molecular formula is C19H12F3NO4. The maximum atomic E-state index is 13.2. The first kappa shape index (κ1) is 17.3. The number of alkyl halides is 3. The molecule has 0 spiro atoms. The van der Waals surface area contributed by atoms with Crippen molar-refractivity contribution < 1.29 is 32.4 Å². The number of imide groups is 1. The summed E-state index contributed by atoms with van der Waals surface area (Å²) in [6.45, 7) is 0. The van der Waals surface area contributed by atoms with Gasteiger partial charge in [0.2, 0.25) is 0 Å². The zero-order valence-corrected chi connectivity index (χ0v) is 13.7. The summed E-state index contributed by atoms with van der Waals surface area (Å²) in [5.74, 6) is -2.54. The Hall–Kier alpha value is -3.16. The molecular weight excluding hydrogens is 363 g/mol. The highest BCUT2D eigenvalue weighted by Gasteiger charge is 2.64. The van der Waals surface area contributed by atoms with Gasteiger partial charge in [-0.2, -0.15) is 13.2 Å². The summed E-state index contributed by atoms with van der Waals surface area (Å²) in [4.78, 5) is 41.5. The number of amides is 2. The molecule has 2 amide bonds. The minimum absolute atomic E-state index is 0.00926. The van der Waals surface area contributed by atoms with Crippen LogP contribution < -0.4 is 0 Å². The normalized spacial score (nSPS) is 17.7. The fourth-order valence-electron chi connectivity index (χ4n) is 3.17. The second kappa shape index (κ2) is 5.67. The lowest BCUT2D eigenvalue weighted by Crippen LogP contribution is -2.32. The molecule has 1 aliphatic heterocycles. The van der Waals surface area contributed by atoms with Crippen LogP contribution in [-0.4, -0.2) is 29.0 Å². The molecule has 0 bridgehead atoms. The Kier molecular flexibility index (Phi) is 3.62. The monoisotopic (exact) mass is 375 g/mol. The number of fused-ring (bicyclic) bond motifs is 1. The van der Waals surface area contributed by atoms with Crippen molar-refractivity contribution in [2.45, 2.75) is 24.4 Å². The summed E-state index contributed by atoms with van der Waals surface area (Å²) in [6.07, 6.45) is -4.33. The number of benzene rings is 2. The Morgan fingerprint density at radius 1 is 0.926 bits per heavy atom. The highest BCUT2D eigenvalue weighted by Crippen LogP contribution is 2.58. The quantitative estimate of drug-likeness (QED) is 0.769. The molecule has 2 aromatic rings. The SMILES string of the molecule is O=C(ON1C(=O)c2ccccc2C1=O)c1ccc(C2(C(F)(F)F)CC2)cc1. The van der Waals surface area contributed by atoms with Crippen LogP contribution in [0.4, 0.5) is 13.2 Å². The van der Waals surface area contributed by atoms with Crippen molar-refractivity contribution in [3.8, 4) is 0 Å². The molecule has 27 heavy (non-hydrogen) atoms. The van der Waals surface area contributed by atoms with E-state index in [1.165, 1.54) is 36.4 Å². The Labute approximate surface area is 151 Å². The van der Waals surface area contributed by atoms with E-state index in [4.69, 9.17) is 4.84 Å². The summed E-state index contributed by atoms with van der Waals surface area (Å²) in [5.41, 5.74) is -1.60. The van der Waals surface area contributed by atoms with Gasteiger partial charge in [0.1, 0.15) is 0 Å². The lowest BCUT2D eigenvalue weighted by atomic mass is 9.94. The number of nitrogens with zero attached hydrogens (tertiary/aromatic N) is 1. The molecule has 2 aliphatic rings. The molecule has 0 saturated heterocycles. The molecule has 0 unspecified atom stereocenters. The molecule has 1 saturated carbocycles. The smallest absolute Gasteiger partial charge is 0.324 e. The Bertz CT molecular complexity index is 927. The van der Waals surface area contributed by atoms with Gasteiger partial charge in [-0.15, -0.1) is 0 Å². The maximum absolute atomic E-state index is 13.2. The van der Waals surface area contributed by atoms with Crippen molar-refractivity contribution in [1.29, 1.82) is 0 Å². The highest BCUT2D eigenvalue weighted by molar-refractivity contribution is 6.21. The third-order valence-corrected chi connectivity index (χ3v) is 4.90. The Morgan fingerprint density at radius 3 is 1.89 bits per heavy atom. The topological polar surface area (TPSA) is 63.7 Å². The van der Waals surface area contributed by atoms with Gasteiger partial charge in [0, 0.05) is 0 Å². The fourth-order valence-corrected chi connectivity index (χ4v) is 3.17. The summed E-state index contributed by atoms with van der Waals surface area (Å²) in [5, 5.41) is 0.360. The van der Waals surface area contributed by atoms with Crippen LogP contribution in [0.1, 0.15) is 49.5 Å². The molecule has 4 rings (SSSR count). The Morgan fingerprint density at radius 2 is 1.44 bits per heavy atom. The van der Waals surface area contributed by atoms with Crippen LogP contribution in [-0.2, 0) is 10.3 Å². The van der Waals surface area contributed by atoms with Gasteiger partial charge in [0.15, 0.2) is 0 Å². The predicted molar refractivity (Wildman–Crippen MR) is 85.8 cm³/mol. The van der Waals surface area contributed by atoms with Crippen molar-refractivity contribution >= 4 is 17.8 Å². The molecule has 2 aromatic carbocycles. The van der Waals surface area contributed by atoms with Crippen molar-refractivity contribution in [1.82, 2.24) is 5.06 Å². The Balaban J connectivity index is 1.52.